The van der Waals surface area contributed by atoms with Crippen LogP contribution in [0.15, 0.2) is 5.16 Å². The van der Waals surface area contributed by atoms with Crippen LogP contribution >= 0.6 is 0 Å². The molecule has 3 aliphatic carbocycles. The van der Waals surface area contributed by atoms with Gasteiger partial charge in [0.05, 0.1) is 5.71 Å². The highest BCUT2D eigenvalue weighted by molar-refractivity contribution is 5.88. The highest BCUT2D eigenvalue weighted by Gasteiger charge is 2.47. The van der Waals surface area contributed by atoms with Crippen LogP contribution in [0.3, 0.4) is 0 Å². The SMILES string of the molecule is ON=C1CC2CC3CC(C2)C1C3. The Bertz CT molecular complexity index is 234. The second kappa shape index (κ2) is 2.24. The molecule has 2 heteroatoms. The summed E-state index contributed by atoms with van der Waals surface area (Å²) >= 11 is 0. The lowest BCUT2D eigenvalue weighted by molar-refractivity contribution is 0.232. The summed E-state index contributed by atoms with van der Waals surface area (Å²) in [7, 11) is 0. The van der Waals surface area contributed by atoms with Crippen LogP contribution in [0, 0.1) is 23.7 Å². The Morgan fingerprint density at radius 2 is 1.92 bits per heavy atom. The first-order chi connectivity index (χ1) is 5.86. The molecule has 3 fully saturated rings. The quantitative estimate of drug-likeness (QED) is 0.433. The molecule has 66 valence electrons. The summed E-state index contributed by atoms with van der Waals surface area (Å²) in [5.41, 5.74) is 1.12. The number of rotatable bonds is 0. The molecule has 3 saturated carbocycles. The van der Waals surface area contributed by atoms with Crippen molar-refractivity contribution in [2.75, 3.05) is 0 Å². The third-order valence-corrected chi connectivity index (χ3v) is 4.15. The smallest absolute Gasteiger partial charge is 0.0607 e. The van der Waals surface area contributed by atoms with Gasteiger partial charge in [-0.3, -0.25) is 0 Å². The van der Waals surface area contributed by atoms with Crippen LogP contribution in [0.4, 0.5) is 0 Å². The maximum Gasteiger partial charge on any atom is 0.0607 e. The van der Waals surface area contributed by atoms with Crippen molar-refractivity contribution in [3.63, 3.8) is 0 Å². The first-order valence-electron chi connectivity index (χ1n) is 5.07. The van der Waals surface area contributed by atoms with E-state index >= 15 is 0 Å². The van der Waals surface area contributed by atoms with Crippen LogP contribution in [-0.4, -0.2) is 10.9 Å². The summed E-state index contributed by atoms with van der Waals surface area (Å²) in [6.45, 7) is 0. The van der Waals surface area contributed by atoms with E-state index in [9.17, 15) is 0 Å². The Balaban J connectivity index is 1.98. The highest BCUT2D eigenvalue weighted by Crippen LogP contribution is 2.53. The van der Waals surface area contributed by atoms with E-state index in [1.807, 2.05) is 0 Å². The Morgan fingerprint density at radius 1 is 1.08 bits per heavy atom. The third-order valence-electron chi connectivity index (χ3n) is 4.15. The number of nitrogens with zero attached hydrogens (tertiary/aromatic N) is 1. The van der Waals surface area contributed by atoms with Gasteiger partial charge in [-0.2, -0.15) is 0 Å². The van der Waals surface area contributed by atoms with E-state index in [2.05, 4.69) is 5.16 Å². The largest absolute Gasteiger partial charge is 0.411 e. The molecule has 0 aliphatic heterocycles. The molecule has 0 aromatic heterocycles. The molecule has 0 saturated heterocycles. The third kappa shape index (κ3) is 0.782. The summed E-state index contributed by atoms with van der Waals surface area (Å²) in [5.74, 6) is 3.38. The van der Waals surface area contributed by atoms with E-state index < -0.39 is 0 Å². The van der Waals surface area contributed by atoms with Crippen LogP contribution in [0.1, 0.15) is 32.1 Å². The fraction of sp³-hybridized carbons (Fsp3) is 0.900. The second-order valence-corrected chi connectivity index (χ2v) is 4.84. The first-order valence-corrected chi connectivity index (χ1v) is 5.07. The zero-order valence-electron chi connectivity index (χ0n) is 7.24. The van der Waals surface area contributed by atoms with Crippen molar-refractivity contribution in [2.45, 2.75) is 32.1 Å². The fourth-order valence-electron chi connectivity index (χ4n) is 3.83. The molecular weight excluding hydrogens is 150 g/mol. The molecule has 0 spiro atoms. The lowest BCUT2D eigenvalue weighted by Gasteiger charge is -2.34. The summed E-state index contributed by atoms with van der Waals surface area (Å²) in [4.78, 5) is 0. The number of oxime groups is 1. The average Bonchev–Trinajstić information content (AvgIpc) is 2.29. The Hall–Kier alpha value is -0.530. The highest BCUT2D eigenvalue weighted by atomic mass is 16.4. The predicted molar refractivity (Wildman–Crippen MR) is 46.3 cm³/mol. The first kappa shape index (κ1) is 6.93. The molecule has 4 unspecified atom stereocenters. The van der Waals surface area contributed by atoms with Gasteiger partial charge < -0.3 is 5.21 Å². The van der Waals surface area contributed by atoms with Crippen LogP contribution in [-0.2, 0) is 0 Å². The van der Waals surface area contributed by atoms with Gasteiger partial charge in [0.1, 0.15) is 0 Å². The van der Waals surface area contributed by atoms with Crippen molar-refractivity contribution < 1.29 is 5.21 Å². The second-order valence-electron chi connectivity index (χ2n) is 4.84. The van der Waals surface area contributed by atoms with Gasteiger partial charge in [-0.15, -0.1) is 0 Å². The van der Waals surface area contributed by atoms with Crippen molar-refractivity contribution in [2.24, 2.45) is 28.8 Å². The fourth-order valence-corrected chi connectivity index (χ4v) is 3.83. The number of fused-ring (bicyclic) bond motifs is 2. The molecule has 1 N–H and O–H groups in total. The minimum atomic E-state index is 0.666. The molecule has 0 aromatic carbocycles. The standard InChI is InChI=1S/C10H15NO/c12-11-10-5-7-1-6-2-8(3-7)9(10)4-6/h6-9,12H,1-5H2. The Kier molecular flexibility index (Phi) is 1.29. The zero-order chi connectivity index (χ0) is 8.13. The van der Waals surface area contributed by atoms with Gasteiger partial charge in [-0.1, -0.05) is 5.16 Å². The lowest BCUT2D eigenvalue weighted by atomic mass is 9.71. The average molecular weight is 165 g/mol. The van der Waals surface area contributed by atoms with E-state index in [-0.39, 0.29) is 0 Å². The maximum atomic E-state index is 8.86. The molecule has 2 nitrogen and oxygen atoms in total. The van der Waals surface area contributed by atoms with Crippen LogP contribution in [0.25, 0.3) is 0 Å². The van der Waals surface area contributed by atoms with Gasteiger partial charge in [0.25, 0.3) is 0 Å². The van der Waals surface area contributed by atoms with Gasteiger partial charge in [-0.05, 0) is 49.9 Å². The number of hydrogen-bond acceptors (Lipinski definition) is 2. The van der Waals surface area contributed by atoms with E-state index in [0.29, 0.717) is 5.92 Å². The molecule has 4 atom stereocenters. The minimum absolute atomic E-state index is 0.666. The molecule has 0 amide bonds. The number of hydrogen-bond donors (Lipinski definition) is 1. The molecule has 0 radical (unpaired) electrons. The Morgan fingerprint density at radius 3 is 2.75 bits per heavy atom. The van der Waals surface area contributed by atoms with E-state index in [1.165, 1.54) is 25.7 Å². The molecule has 3 bridgehead atoms. The topological polar surface area (TPSA) is 32.6 Å². The van der Waals surface area contributed by atoms with Crippen molar-refractivity contribution in [1.29, 1.82) is 0 Å². The molecule has 12 heavy (non-hydrogen) atoms. The summed E-state index contributed by atoms with van der Waals surface area (Å²) in [6.07, 6.45) is 6.65. The van der Waals surface area contributed by atoms with Gasteiger partial charge in [-0.25, -0.2) is 0 Å². The summed E-state index contributed by atoms with van der Waals surface area (Å²) in [5, 5.41) is 12.3. The molecule has 0 aromatic rings. The van der Waals surface area contributed by atoms with E-state index in [1.54, 1.807) is 0 Å². The monoisotopic (exact) mass is 165 g/mol. The minimum Gasteiger partial charge on any atom is -0.411 e. The van der Waals surface area contributed by atoms with Crippen molar-refractivity contribution in [1.82, 2.24) is 0 Å². The van der Waals surface area contributed by atoms with Crippen LogP contribution < -0.4 is 0 Å². The van der Waals surface area contributed by atoms with E-state index in [0.717, 1.165) is 29.9 Å². The van der Waals surface area contributed by atoms with Gasteiger partial charge in [0.2, 0.25) is 0 Å². The molecule has 0 heterocycles. The molecule has 3 aliphatic rings. The van der Waals surface area contributed by atoms with Crippen molar-refractivity contribution in [3.8, 4) is 0 Å². The van der Waals surface area contributed by atoms with E-state index in [4.69, 9.17) is 5.21 Å². The normalized spacial score (nSPS) is 53.5. The van der Waals surface area contributed by atoms with Crippen molar-refractivity contribution >= 4 is 5.71 Å². The van der Waals surface area contributed by atoms with Gasteiger partial charge in [0, 0.05) is 5.92 Å². The molecular formula is C10H15NO. The summed E-state index contributed by atoms with van der Waals surface area (Å²) < 4.78 is 0. The lowest BCUT2D eigenvalue weighted by Crippen LogP contribution is -2.30. The Labute approximate surface area is 72.6 Å². The van der Waals surface area contributed by atoms with Crippen LogP contribution in [0.5, 0.6) is 0 Å². The molecule has 3 rings (SSSR count). The van der Waals surface area contributed by atoms with Crippen LogP contribution in [0.2, 0.25) is 0 Å². The maximum absolute atomic E-state index is 8.86. The van der Waals surface area contributed by atoms with Crippen molar-refractivity contribution in [3.05, 3.63) is 0 Å². The predicted octanol–water partition coefficient (Wildman–Crippen LogP) is 2.27. The van der Waals surface area contributed by atoms with Gasteiger partial charge >= 0.3 is 0 Å². The zero-order valence-corrected chi connectivity index (χ0v) is 7.24. The van der Waals surface area contributed by atoms with Gasteiger partial charge in [0.15, 0.2) is 0 Å². The summed E-state index contributed by atoms with van der Waals surface area (Å²) in [6, 6.07) is 0.